The van der Waals surface area contributed by atoms with E-state index in [1.54, 1.807) is 44.5 Å². The van der Waals surface area contributed by atoms with Gasteiger partial charge in [-0.05, 0) is 31.5 Å². The second kappa shape index (κ2) is 9.36. The van der Waals surface area contributed by atoms with Crippen molar-refractivity contribution in [2.75, 3.05) is 20.3 Å². The van der Waals surface area contributed by atoms with Gasteiger partial charge in [0.05, 0.1) is 25.8 Å². The van der Waals surface area contributed by atoms with E-state index in [4.69, 9.17) is 22.1 Å². The smallest absolute Gasteiger partial charge is 0.332 e. The molecule has 2 aromatic rings. The lowest BCUT2D eigenvalue weighted by molar-refractivity contribution is -0.149. The normalized spacial score (nSPS) is 25.5. The third kappa shape index (κ3) is 4.32. The van der Waals surface area contributed by atoms with E-state index in [-0.39, 0.29) is 25.5 Å². The third-order valence-electron chi connectivity index (χ3n) is 6.34. The van der Waals surface area contributed by atoms with Crippen molar-refractivity contribution in [3.63, 3.8) is 0 Å². The van der Waals surface area contributed by atoms with Crippen LogP contribution in [-0.2, 0) is 14.3 Å². The Balaban J connectivity index is 1.51. The molecule has 1 saturated heterocycles. The number of hydrogen-bond donors (Lipinski definition) is 1. The molecule has 2 aliphatic rings. The van der Waals surface area contributed by atoms with E-state index in [0.717, 1.165) is 5.39 Å². The number of carbonyl (C=O) groups is 3. The first-order chi connectivity index (χ1) is 16.3. The van der Waals surface area contributed by atoms with Gasteiger partial charge in [-0.3, -0.25) is 14.6 Å². The zero-order valence-electron chi connectivity index (χ0n) is 19.2. The molecule has 2 radical (unpaired) electrons. The highest BCUT2D eigenvalue weighted by atomic mass is 16.5. The largest absolute Gasteiger partial charge is 0.497 e. The lowest BCUT2D eigenvalue weighted by Gasteiger charge is -2.25. The second-order valence-corrected chi connectivity index (χ2v) is 8.40. The number of aromatic nitrogens is 1. The number of ether oxygens (including phenoxy) is 3. The average Bonchev–Trinajstić information content (AvgIpc) is 3.37. The fourth-order valence-electron chi connectivity index (χ4n) is 4.45. The van der Waals surface area contributed by atoms with Crippen molar-refractivity contribution in [2.45, 2.75) is 37.5 Å². The number of rotatable bonds is 8. The van der Waals surface area contributed by atoms with Crippen molar-refractivity contribution in [2.24, 2.45) is 5.92 Å². The van der Waals surface area contributed by atoms with E-state index in [1.807, 2.05) is 6.07 Å². The molecule has 1 N–H and O–H groups in total. The number of fused-ring (bicyclic) bond motifs is 1. The van der Waals surface area contributed by atoms with E-state index in [2.05, 4.69) is 16.9 Å². The highest BCUT2D eigenvalue weighted by Crippen LogP contribution is 2.45. The summed E-state index contributed by atoms with van der Waals surface area (Å²) in [5.41, 5.74) is -0.464. The highest BCUT2D eigenvalue weighted by Gasteiger charge is 2.61. The lowest BCUT2D eigenvalue weighted by atomic mass is 10.1. The van der Waals surface area contributed by atoms with E-state index in [9.17, 15) is 14.4 Å². The van der Waals surface area contributed by atoms with Crippen LogP contribution < -0.4 is 14.8 Å². The van der Waals surface area contributed by atoms with Gasteiger partial charge in [0, 0.05) is 30.0 Å². The van der Waals surface area contributed by atoms with Crippen LogP contribution in [0.3, 0.4) is 0 Å². The second-order valence-electron chi connectivity index (χ2n) is 8.40. The van der Waals surface area contributed by atoms with Gasteiger partial charge in [0.2, 0.25) is 13.8 Å². The minimum Gasteiger partial charge on any atom is -0.497 e. The van der Waals surface area contributed by atoms with Crippen LogP contribution >= 0.6 is 0 Å². The van der Waals surface area contributed by atoms with Crippen LogP contribution in [0.15, 0.2) is 43.1 Å². The molecule has 176 valence electrons. The molecule has 1 aliphatic heterocycles. The van der Waals surface area contributed by atoms with Crippen LogP contribution in [0.2, 0.25) is 0 Å². The number of amides is 2. The Kier molecular flexibility index (Phi) is 6.50. The Hall–Kier alpha value is -3.56. The van der Waals surface area contributed by atoms with Gasteiger partial charge in [-0.2, -0.15) is 0 Å². The number of nitrogens with zero attached hydrogens (tertiary/aromatic N) is 2. The standard InChI is InChI=1S/C24H26BN3O6/c1-4-14-12-24(14,22(30)33-5-2)27-21(29)19-11-16(13-28(19)23(25)31)34-20-8-9-26-18-10-15(32-3)6-7-17(18)20/h4,6-10,14,16,19H,1,5,11-13H2,2-3H3,(H,27,29)/t14?,16-,19?,24+/m1/s1. The predicted molar refractivity (Wildman–Crippen MR) is 125 cm³/mol. The monoisotopic (exact) mass is 463 g/mol. The number of hydrogen-bond acceptors (Lipinski definition) is 7. The van der Waals surface area contributed by atoms with Crippen LogP contribution in [0, 0.1) is 5.92 Å². The summed E-state index contributed by atoms with van der Waals surface area (Å²) in [7, 11) is 7.14. The molecular weight excluding hydrogens is 437 g/mol. The van der Waals surface area contributed by atoms with Crippen LogP contribution in [0.4, 0.5) is 4.79 Å². The Morgan fingerprint density at radius 2 is 2.15 bits per heavy atom. The molecular formula is C24H26BN3O6. The maximum atomic E-state index is 13.2. The first kappa shape index (κ1) is 23.6. The molecule has 2 heterocycles. The third-order valence-corrected chi connectivity index (χ3v) is 6.34. The maximum absolute atomic E-state index is 13.2. The highest BCUT2D eigenvalue weighted by molar-refractivity contribution is 6.57. The van der Waals surface area contributed by atoms with Gasteiger partial charge in [0.1, 0.15) is 29.2 Å². The first-order valence-electron chi connectivity index (χ1n) is 11.1. The Morgan fingerprint density at radius 3 is 2.79 bits per heavy atom. The van der Waals surface area contributed by atoms with Gasteiger partial charge in [-0.25, -0.2) is 4.79 Å². The van der Waals surface area contributed by atoms with E-state index < -0.39 is 35.4 Å². The number of carbonyl (C=O) groups excluding carboxylic acids is 3. The van der Waals surface area contributed by atoms with Crippen LogP contribution in [-0.4, -0.2) is 73.4 Å². The predicted octanol–water partition coefficient (Wildman–Crippen LogP) is 1.98. The summed E-state index contributed by atoms with van der Waals surface area (Å²) in [4.78, 5) is 43.4. The lowest BCUT2D eigenvalue weighted by Crippen LogP contribution is -2.53. The van der Waals surface area contributed by atoms with Crippen molar-refractivity contribution in [3.05, 3.63) is 43.1 Å². The Morgan fingerprint density at radius 1 is 1.35 bits per heavy atom. The number of benzene rings is 1. The summed E-state index contributed by atoms with van der Waals surface area (Å²) in [6, 6.07) is 6.29. The van der Waals surface area contributed by atoms with Crippen molar-refractivity contribution in [1.29, 1.82) is 0 Å². The molecule has 1 aliphatic carbocycles. The molecule has 2 fully saturated rings. The van der Waals surface area contributed by atoms with Gasteiger partial charge in [-0.1, -0.05) is 6.08 Å². The molecule has 10 heteroatoms. The molecule has 34 heavy (non-hydrogen) atoms. The number of methoxy groups -OCH3 is 1. The van der Waals surface area contributed by atoms with Gasteiger partial charge in [0.15, 0.2) is 5.81 Å². The van der Waals surface area contributed by atoms with Crippen molar-refractivity contribution >= 4 is 36.4 Å². The molecule has 2 unspecified atom stereocenters. The molecule has 0 bridgehead atoms. The molecule has 9 nitrogen and oxygen atoms in total. The Labute approximate surface area is 198 Å². The van der Waals surface area contributed by atoms with E-state index in [1.165, 1.54) is 4.90 Å². The zero-order valence-corrected chi connectivity index (χ0v) is 19.2. The Bertz CT molecular complexity index is 1140. The van der Waals surface area contributed by atoms with Crippen molar-refractivity contribution < 1.29 is 28.6 Å². The number of likely N-dealkylation sites (tertiary alicyclic amines) is 1. The number of esters is 1. The summed E-state index contributed by atoms with van der Waals surface area (Å²) in [5, 5.41) is 3.57. The molecule has 4 rings (SSSR count). The van der Waals surface area contributed by atoms with E-state index in [0.29, 0.717) is 23.4 Å². The van der Waals surface area contributed by atoms with Gasteiger partial charge in [-0.15, -0.1) is 6.58 Å². The van der Waals surface area contributed by atoms with Crippen LogP contribution in [0.1, 0.15) is 19.8 Å². The minimum absolute atomic E-state index is 0.130. The van der Waals surface area contributed by atoms with E-state index >= 15 is 0 Å². The summed E-state index contributed by atoms with van der Waals surface area (Å²) in [6.45, 7) is 5.75. The zero-order chi connectivity index (χ0) is 24.5. The maximum Gasteiger partial charge on any atom is 0.332 e. The minimum atomic E-state index is -1.16. The molecule has 1 aromatic heterocycles. The number of pyridine rings is 1. The summed E-state index contributed by atoms with van der Waals surface area (Å²) >= 11 is 0. The average molecular weight is 463 g/mol. The fraction of sp³-hybridized carbons (Fsp3) is 0.417. The first-order valence-corrected chi connectivity index (χ1v) is 11.1. The van der Waals surface area contributed by atoms with Crippen molar-refractivity contribution in [3.8, 4) is 11.5 Å². The van der Waals surface area contributed by atoms with Crippen molar-refractivity contribution in [1.82, 2.24) is 15.2 Å². The molecule has 4 atom stereocenters. The van der Waals surface area contributed by atoms with Gasteiger partial charge >= 0.3 is 5.97 Å². The quantitative estimate of drug-likeness (QED) is 0.363. The molecule has 2 amide bonds. The summed E-state index contributed by atoms with van der Waals surface area (Å²) in [5.74, 6) is -0.721. The number of nitrogens with one attached hydrogen (secondary N) is 1. The molecule has 0 spiro atoms. The van der Waals surface area contributed by atoms with Gasteiger partial charge in [0.25, 0.3) is 0 Å². The summed E-state index contributed by atoms with van der Waals surface area (Å²) in [6.07, 6.45) is 3.37. The van der Waals surface area contributed by atoms with Crippen LogP contribution in [0.5, 0.6) is 11.5 Å². The molecule has 1 aromatic carbocycles. The van der Waals surface area contributed by atoms with Crippen LogP contribution in [0.25, 0.3) is 10.9 Å². The fourth-order valence-corrected chi connectivity index (χ4v) is 4.45. The topological polar surface area (TPSA) is 107 Å². The molecule has 1 saturated carbocycles. The summed E-state index contributed by atoms with van der Waals surface area (Å²) < 4.78 is 16.6. The SMILES string of the molecule is [B]C(=O)N1C[C@H](Oc2ccnc3cc(OC)ccc23)CC1C(=O)N[C@@]1(C(=O)OCC)CC1C=C. The van der Waals surface area contributed by atoms with Gasteiger partial charge < -0.3 is 24.4 Å².